The molecule has 1 aromatic heterocycles. The van der Waals surface area contributed by atoms with Gasteiger partial charge in [0.1, 0.15) is 0 Å². The average molecular weight is 202 g/mol. The van der Waals surface area contributed by atoms with Crippen molar-refractivity contribution in [3.8, 4) is 0 Å². The maximum atomic E-state index is 4.37. The van der Waals surface area contributed by atoms with E-state index >= 15 is 0 Å². The molecule has 0 atom stereocenters. The second-order valence-electron chi connectivity index (χ2n) is 3.53. The SMILES string of the molecule is Cc1cnc(C(C)(C)C)[se]1. The van der Waals surface area contributed by atoms with E-state index in [0.717, 1.165) is 0 Å². The molecule has 0 N–H and O–H groups in total. The fraction of sp³-hybridized carbons (Fsp3) is 0.625. The van der Waals surface area contributed by atoms with Crippen LogP contribution in [-0.2, 0) is 5.41 Å². The predicted octanol–water partition coefficient (Wildman–Crippen LogP) is 1.74. The third-order valence-corrected chi connectivity index (χ3v) is 4.07. The van der Waals surface area contributed by atoms with Crippen LogP contribution in [0.15, 0.2) is 6.20 Å². The van der Waals surface area contributed by atoms with Gasteiger partial charge in [-0.2, -0.15) is 0 Å². The number of hydrogen-bond donors (Lipinski definition) is 0. The molecule has 0 aromatic carbocycles. The Balaban J connectivity index is 2.96. The number of aromatic nitrogens is 1. The van der Waals surface area contributed by atoms with Gasteiger partial charge in [0.25, 0.3) is 0 Å². The van der Waals surface area contributed by atoms with E-state index in [2.05, 4.69) is 32.7 Å². The molecule has 1 nitrogen and oxygen atoms in total. The van der Waals surface area contributed by atoms with E-state index in [1.807, 2.05) is 6.20 Å². The summed E-state index contributed by atoms with van der Waals surface area (Å²) in [6, 6.07) is 0. The Bertz CT molecular complexity index is 219. The summed E-state index contributed by atoms with van der Waals surface area (Å²) >= 11 is 0.540. The molecule has 0 saturated heterocycles. The van der Waals surface area contributed by atoms with E-state index in [1.165, 1.54) is 9.01 Å². The van der Waals surface area contributed by atoms with Crippen LogP contribution in [0.4, 0.5) is 0 Å². The number of hydrogen-bond acceptors (Lipinski definition) is 1. The quantitative estimate of drug-likeness (QED) is 0.584. The van der Waals surface area contributed by atoms with Gasteiger partial charge in [-0.25, -0.2) is 0 Å². The summed E-state index contributed by atoms with van der Waals surface area (Å²) in [4.78, 5) is 4.37. The minimum absolute atomic E-state index is 0.286. The molecule has 0 fully saturated rings. The van der Waals surface area contributed by atoms with Crippen LogP contribution in [0.2, 0.25) is 0 Å². The Labute approximate surface area is 68.2 Å². The van der Waals surface area contributed by atoms with Gasteiger partial charge in [0.05, 0.1) is 0 Å². The summed E-state index contributed by atoms with van der Waals surface area (Å²) in [5.41, 5.74) is 0.286. The molecule has 0 spiro atoms. The number of nitrogens with zero attached hydrogens (tertiary/aromatic N) is 1. The Morgan fingerprint density at radius 1 is 1.40 bits per heavy atom. The molecule has 1 rings (SSSR count). The first-order chi connectivity index (χ1) is 4.50. The molecule has 2 heteroatoms. The van der Waals surface area contributed by atoms with Gasteiger partial charge < -0.3 is 0 Å². The molecule has 0 unspecified atom stereocenters. The van der Waals surface area contributed by atoms with Crippen LogP contribution >= 0.6 is 0 Å². The van der Waals surface area contributed by atoms with Gasteiger partial charge in [0.15, 0.2) is 0 Å². The number of aryl methyl sites for hydroxylation is 1. The fourth-order valence-corrected chi connectivity index (χ4v) is 2.43. The van der Waals surface area contributed by atoms with Crippen LogP contribution in [0.5, 0.6) is 0 Å². The summed E-state index contributed by atoms with van der Waals surface area (Å²) in [7, 11) is 0. The Kier molecular flexibility index (Phi) is 2.02. The molecule has 1 aromatic rings. The molecular formula is C8H13NSe. The molecule has 0 radical (unpaired) electrons. The van der Waals surface area contributed by atoms with Crippen LogP contribution < -0.4 is 0 Å². The van der Waals surface area contributed by atoms with Gasteiger partial charge in [-0.1, -0.05) is 0 Å². The van der Waals surface area contributed by atoms with Gasteiger partial charge in [-0.15, -0.1) is 0 Å². The van der Waals surface area contributed by atoms with Crippen molar-refractivity contribution >= 4 is 14.5 Å². The second-order valence-corrected chi connectivity index (χ2v) is 6.12. The first kappa shape index (κ1) is 8.03. The minimum atomic E-state index is 0.286. The molecule has 1 heterocycles. The zero-order chi connectivity index (χ0) is 7.78. The zero-order valence-electron chi connectivity index (χ0n) is 6.93. The molecule has 10 heavy (non-hydrogen) atoms. The van der Waals surface area contributed by atoms with Gasteiger partial charge in [0, 0.05) is 0 Å². The van der Waals surface area contributed by atoms with Crippen molar-refractivity contribution in [3.63, 3.8) is 0 Å². The summed E-state index contributed by atoms with van der Waals surface area (Å²) in [6.45, 7) is 8.82. The average Bonchev–Trinajstić information content (AvgIpc) is 2.11. The van der Waals surface area contributed by atoms with Crippen LogP contribution in [0.3, 0.4) is 0 Å². The van der Waals surface area contributed by atoms with Gasteiger partial charge >= 0.3 is 67.8 Å². The molecule has 0 bridgehead atoms. The Hall–Kier alpha value is -0.0705. The van der Waals surface area contributed by atoms with E-state index in [1.54, 1.807) is 0 Å². The topological polar surface area (TPSA) is 12.9 Å². The van der Waals surface area contributed by atoms with Crippen molar-refractivity contribution in [2.75, 3.05) is 0 Å². The molecule has 0 aliphatic carbocycles. The van der Waals surface area contributed by atoms with Gasteiger partial charge in [0.2, 0.25) is 0 Å². The van der Waals surface area contributed by atoms with E-state index in [4.69, 9.17) is 0 Å². The van der Waals surface area contributed by atoms with Crippen molar-refractivity contribution < 1.29 is 0 Å². The first-order valence-corrected chi connectivity index (χ1v) is 5.14. The zero-order valence-corrected chi connectivity index (χ0v) is 8.65. The first-order valence-electron chi connectivity index (χ1n) is 3.43. The monoisotopic (exact) mass is 203 g/mol. The van der Waals surface area contributed by atoms with Crippen molar-refractivity contribution in [2.24, 2.45) is 0 Å². The Morgan fingerprint density at radius 2 is 2.00 bits per heavy atom. The molecule has 0 aliphatic heterocycles. The summed E-state index contributed by atoms with van der Waals surface area (Å²) in [5.74, 6) is 0. The predicted molar refractivity (Wildman–Crippen MR) is 44.6 cm³/mol. The van der Waals surface area contributed by atoms with E-state index in [-0.39, 0.29) is 5.41 Å². The van der Waals surface area contributed by atoms with Crippen LogP contribution in [0.1, 0.15) is 29.8 Å². The molecule has 56 valence electrons. The van der Waals surface area contributed by atoms with Crippen LogP contribution in [0, 0.1) is 6.92 Å². The number of rotatable bonds is 0. The van der Waals surface area contributed by atoms with E-state index in [0.29, 0.717) is 14.5 Å². The second kappa shape index (κ2) is 2.52. The third kappa shape index (κ3) is 1.71. The van der Waals surface area contributed by atoms with Gasteiger partial charge in [-0.3, -0.25) is 0 Å². The molecular weight excluding hydrogens is 189 g/mol. The Morgan fingerprint density at radius 3 is 2.20 bits per heavy atom. The summed E-state index contributed by atoms with van der Waals surface area (Å²) < 4.78 is 2.81. The van der Waals surface area contributed by atoms with E-state index in [9.17, 15) is 0 Å². The normalized spacial score (nSPS) is 12.0. The standard InChI is InChI=1S/C8H13NSe/c1-6-5-9-7(10-6)8(2,3)4/h5H,1-4H3. The third-order valence-electron chi connectivity index (χ3n) is 1.26. The van der Waals surface area contributed by atoms with Crippen molar-refractivity contribution in [1.29, 1.82) is 0 Å². The van der Waals surface area contributed by atoms with Crippen LogP contribution in [0.25, 0.3) is 0 Å². The summed E-state index contributed by atoms with van der Waals surface area (Å²) in [6.07, 6.45) is 2.00. The van der Waals surface area contributed by atoms with Crippen LogP contribution in [-0.4, -0.2) is 19.5 Å². The van der Waals surface area contributed by atoms with Crippen molar-refractivity contribution in [2.45, 2.75) is 33.1 Å². The molecule has 0 amide bonds. The van der Waals surface area contributed by atoms with E-state index < -0.39 is 0 Å². The fourth-order valence-electron chi connectivity index (χ4n) is 0.701. The van der Waals surface area contributed by atoms with Crippen molar-refractivity contribution in [3.05, 3.63) is 15.2 Å². The molecule has 0 aliphatic rings. The summed E-state index contributed by atoms with van der Waals surface area (Å²) in [5, 5.41) is 0. The van der Waals surface area contributed by atoms with Crippen molar-refractivity contribution in [1.82, 2.24) is 4.98 Å². The molecule has 0 saturated carbocycles. The van der Waals surface area contributed by atoms with Gasteiger partial charge in [-0.05, 0) is 0 Å². The maximum absolute atomic E-state index is 4.37.